The summed E-state index contributed by atoms with van der Waals surface area (Å²) in [6.07, 6.45) is 0. The van der Waals surface area contributed by atoms with Crippen molar-refractivity contribution in [3.8, 4) is 0 Å². The zero-order valence-electron chi connectivity index (χ0n) is 8.50. The van der Waals surface area contributed by atoms with Crippen molar-refractivity contribution in [2.45, 2.75) is 0 Å². The number of halogens is 2. The molecule has 1 fully saturated rings. The van der Waals surface area contributed by atoms with Gasteiger partial charge >= 0.3 is 0 Å². The van der Waals surface area contributed by atoms with Crippen molar-refractivity contribution in [3.63, 3.8) is 0 Å². The fourth-order valence-corrected chi connectivity index (χ4v) is 1.63. The van der Waals surface area contributed by atoms with Crippen LogP contribution in [0.15, 0.2) is 18.2 Å². The van der Waals surface area contributed by atoms with Crippen LogP contribution in [-0.2, 0) is 4.74 Å². The Morgan fingerprint density at radius 2 is 2.06 bits per heavy atom. The average molecular weight is 227 g/mol. The minimum atomic E-state index is -1.03. The highest BCUT2D eigenvalue weighted by molar-refractivity contribution is 6.01. The summed E-state index contributed by atoms with van der Waals surface area (Å²) in [5.41, 5.74) is 4.88. The van der Waals surface area contributed by atoms with Gasteiger partial charge < -0.3 is 10.5 Å². The molecule has 0 aromatic heterocycles. The second kappa shape index (κ2) is 3.92. The summed E-state index contributed by atoms with van der Waals surface area (Å²) in [6, 6.07) is 3.09. The molecule has 0 spiro atoms. The first-order valence-electron chi connectivity index (χ1n) is 4.87. The molecule has 5 heteroatoms. The molecule has 0 aliphatic carbocycles. The molecule has 0 radical (unpaired) electrons. The van der Waals surface area contributed by atoms with Crippen LogP contribution in [0.5, 0.6) is 0 Å². The van der Waals surface area contributed by atoms with Crippen molar-refractivity contribution in [1.29, 1.82) is 0 Å². The molecular formula is C11H11F2NO2. The molecule has 1 aliphatic rings. The minimum absolute atomic E-state index is 0.132. The van der Waals surface area contributed by atoms with Crippen LogP contribution in [0.4, 0.5) is 8.78 Å². The Kier molecular flexibility index (Phi) is 2.73. The van der Waals surface area contributed by atoms with Crippen LogP contribution in [0.3, 0.4) is 0 Å². The van der Waals surface area contributed by atoms with E-state index >= 15 is 0 Å². The molecule has 1 aromatic carbocycles. The van der Waals surface area contributed by atoms with E-state index in [0.717, 1.165) is 12.1 Å². The minimum Gasteiger partial charge on any atom is -0.379 e. The summed E-state index contributed by atoms with van der Waals surface area (Å²) in [5, 5.41) is 0. The Bertz CT molecular complexity index is 424. The maximum absolute atomic E-state index is 13.0. The van der Waals surface area contributed by atoms with Gasteiger partial charge in [-0.1, -0.05) is 0 Å². The van der Waals surface area contributed by atoms with E-state index in [1.807, 2.05) is 0 Å². The lowest BCUT2D eigenvalue weighted by molar-refractivity contribution is -0.0816. The first-order valence-corrected chi connectivity index (χ1v) is 4.87. The van der Waals surface area contributed by atoms with Gasteiger partial charge in [-0.3, -0.25) is 4.79 Å². The molecule has 0 amide bonds. The standard InChI is InChI=1S/C11H11F2NO2/c12-8-2-1-7(3-9(8)13)10(15)11(4-14)5-16-6-11/h1-3H,4-6,14H2. The molecule has 86 valence electrons. The quantitative estimate of drug-likeness (QED) is 0.787. The lowest BCUT2D eigenvalue weighted by atomic mass is 9.78. The average Bonchev–Trinajstić information content (AvgIpc) is 2.21. The number of ether oxygens (including phenoxy) is 1. The fraction of sp³-hybridized carbons (Fsp3) is 0.364. The third-order valence-corrected chi connectivity index (χ3v) is 2.81. The molecule has 3 nitrogen and oxygen atoms in total. The van der Waals surface area contributed by atoms with Gasteiger partial charge in [0.05, 0.1) is 18.6 Å². The van der Waals surface area contributed by atoms with E-state index in [1.54, 1.807) is 0 Å². The molecule has 1 heterocycles. The van der Waals surface area contributed by atoms with Crippen LogP contribution in [0.25, 0.3) is 0 Å². The Balaban J connectivity index is 2.30. The van der Waals surface area contributed by atoms with Crippen molar-refractivity contribution in [3.05, 3.63) is 35.4 Å². The molecule has 0 saturated carbocycles. The van der Waals surface area contributed by atoms with E-state index in [9.17, 15) is 13.6 Å². The largest absolute Gasteiger partial charge is 0.379 e. The first-order chi connectivity index (χ1) is 7.59. The molecule has 16 heavy (non-hydrogen) atoms. The predicted molar refractivity (Wildman–Crippen MR) is 53.0 cm³/mol. The highest BCUT2D eigenvalue weighted by atomic mass is 19.2. The maximum atomic E-state index is 13.0. The van der Waals surface area contributed by atoms with Gasteiger partial charge in [0.2, 0.25) is 0 Å². The third-order valence-electron chi connectivity index (χ3n) is 2.81. The highest BCUT2D eigenvalue weighted by Gasteiger charge is 2.44. The number of ketones is 1. The SMILES string of the molecule is NCC1(C(=O)c2ccc(F)c(F)c2)COC1. The molecule has 0 unspecified atom stereocenters. The van der Waals surface area contributed by atoms with E-state index in [0.29, 0.717) is 0 Å². The van der Waals surface area contributed by atoms with Crippen molar-refractivity contribution < 1.29 is 18.3 Å². The summed E-state index contributed by atoms with van der Waals surface area (Å²) in [7, 11) is 0. The van der Waals surface area contributed by atoms with E-state index in [1.165, 1.54) is 6.07 Å². The molecule has 1 aromatic rings. The highest BCUT2D eigenvalue weighted by Crippen LogP contribution is 2.30. The molecule has 1 saturated heterocycles. The van der Waals surface area contributed by atoms with Crippen molar-refractivity contribution in [2.75, 3.05) is 19.8 Å². The Morgan fingerprint density at radius 1 is 1.38 bits per heavy atom. The number of carbonyl (C=O) groups is 1. The summed E-state index contributed by atoms with van der Waals surface area (Å²) in [5.74, 6) is -2.29. The number of hydrogen-bond acceptors (Lipinski definition) is 3. The smallest absolute Gasteiger partial charge is 0.175 e. The van der Waals surface area contributed by atoms with Gasteiger partial charge in [0.1, 0.15) is 0 Å². The Labute approximate surface area is 91.2 Å². The number of hydrogen-bond donors (Lipinski definition) is 1. The van der Waals surface area contributed by atoms with Gasteiger partial charge in [-0.25, -0.2) is 8.78 Å². The van der Waals surface area contributed by atoms with E-state index in [4.69, 9.17) is 10.5 Å². The monoisotopic (exact) mass is 227 g/mol. The maximum Gasteiger partial charge on any atom is 0.175 e. The number of rotatable bonds is 3. The van der Waals surface area contributed by atoms with Crippen LogP contribution in [0, 0.1) is 17.0 Å². The summed E-state index contributed by atoms with van der Waals surface area (Å²) in [6.45, 7) is 0.619. The Morgan fingerprint density at radius 3 is 2.50 bits per heavy atom. The zero-order chi connectivity index (χ0) is 11.8. The molecule has 1 aliphatic heterocycles. The van der Waals surface area contributed by atoms with E-state index in [2.05, 4.69) is 0 Å². The normalized spacial score (nSPS) is 17.9. The number of benzene rings is 1. The van der Waals surface area contributed by atoms with Gasteiger partial charge in [-0.05, 0) is 18.2 Å². The second-order valence-corrected chi connectivity index (χ2v) is 3.94. The van der Waals surface area contributed by atoms with Crippen molar-refractivity contribution in [2.24, 2.45) is 11.1 Å². The second-order valence-electron chi connectivity index (χ2n) is 3.94. The van der Waals surface area contributed by atoms with Crippen LogP contribution in [0.1, 0.15) is 10.4 Å². The molecule has 0 bridgehead atoms. The summed E-state index contributed by atoms with van der Waals surface area (Å²) in [4.78, 5) is 12.0. The van der Waals surface area contributed by atoms with Gasteiger partial charge in [-0.2, -0.15) is 0 Å². The zero-order valence-corrected chi connectivity index (χ0v) is 8.50. The van der Waals surface area contributed by atoms with Crippen LogP contribution >= 0.6 is 0 Å². The molecule has 0 atom stereocenters. The lowest BCUT2D eigenvalue weighted by Gasteiger charge is -2.38. The molecule has 2 N–H and O–H groups in total. The van der Waals surface area contributed by atoms with Crippen LogP contribution in [-0.4, -0.2) is 25.5 Å². The number of carbonyl (C=O) groups excluding carboxylic acids is 1. The van der Waals surface area contributed by atoms with Gasteiger partial charge in [-0.15, -0.1) is 0 Å². The van der Waals surface area contributed by atoms with Crippen molar-refractivity contribution in [1.82, 2.24) is 0 Å². The lowest BCUT2D eigenvalue weighted by Crippen LogP contribution is -2.54. The van der Waals surface area contributed by atoms with Gasteiger partial charge in [0, 0.05) is 12.1 Å². The number of nitrogens with two attached hydrogens (primary N) is 1. The number of Topliss-reactive ketones (excluding diaryl/α,β-unsaturated/α-hetero) is 1. The summed E-state index contributed by atoms with van der Waals surface area (Å²) < 4.78 is 30.6. The predicted octanol–water partition coefficient (Wildman–Crippen LogP) is 1.12. The third kappa shape index (κ3) is 1.62. The van der Waals surface area contributed by atoms with Crippen molar-refractivity contribution >= 4 is 5.78 Å². The van der Waals surface area contributed by atoms with E-state index < -0.39 is 17.0 Å². The van der Waals surface area contributed by atoms with E-state index in [-0.39, 0.29) is 31.1 Å². The van der Waals surface area contributed by atoms with Gasteiger partial charge in [0.25, 0.3) is 0 Å². The molecule has 2 rings (SSSR count). The van der Waals surface area contributed by atoms with Crippen LogP contribution < -0.4 is 5.73 Å². The fourth-order valence-electron chi connectivity index (χ4n) is 1.63. The first kappa shape index (κ1) is 11.2. The topological polar surface area (TPSA) is 52.3 Å². The van der Waals surface area contributed by atoms with Crippen LogP contribution in [0.2, 0.25) is 0 Å². The Hall–Kier alpha value is -1.33. The molecular weight excluding hydrogens is 216 g/mol. The summed E-state index contributed by atoms with van der Waals surface area (Å²) >= 11 is 0. The van der Waals surface area contributed by atoms with Gasteiger partial charge in [0.15, 0.2) is 17.4 Å².